The van der Waals surface area contributed by atoms with E-state index in [-0.39, 0.29) is 17.7 Å². The molecule has 80 valence electrons. The van der Waals surface area contributed by atoms with Crippen molar-refractivity contribution < 1.29 is 9.53 Å². The molecule has 0 aromatic rings. The van der Waals surface area contributed by atoms with E-state index in [1.54, 1.807) is 0 Å². The van der Waals surface area contributed by atoms with Gasteiger partial charge in [0.1, 0.15) is 5.78 Å². The molecule has 0 aromatic carbocycles. The molecule has 0 radical (unpaired) electrons. The van der Waals surface area contributed by atoms with Gasteiger partial charge in [0.05, 0.1) is 19.1 Å². The molecule has 1 aliphatic heterocycles. The highest BCUT2D eigenvalue weighted by Crippen LogP contribution is 2.17. The summed E-state index contributed by atoms with van der Waals surface area (Å²) >= 11 is 0. The van der Waals surface area contributed by atoms with E-state index in [0.717, 1.165) is 12.1 Å². The second kappa shape index (κ2) is 5.27. The van der Waals surface area contributed by atoms with Crippen molar-refractivity contribution in [3.8, 4) is 0 Å². The van der Waals surface area contributed by atoms with Gasteiger partial charge in [-0.15, -0.1) is 0 Å². The smallest absolute Gasteiger partial charge is 0.143 e. The molecule has 1 N–H and O–H groups in total. The number of ketones is 1. The van der Waals surface area contributed by atoms with Crippen LogP contribution in [-0.2, 0) is 9.53 Å². The molecule has 3 heteroatoms. The minimum Gasteiger partial charge on any atom is -0.379 e. The van der Waals surface area contributed by atoms with Crippen molar-refractivity contribution in [2.45, 2.75) is 26.3 Å². The Morgan fingerprint density at radius 3 is 2.86 bits per heavy atom. The topological polar surface area (TPSA) is 38.3 Å². The van der Waals surface area contributed by atoms with Crippen molar-refractivity contribution >= 4 is 5.78 Å². The number of likely N-dealkylation sites (N-methyl/N-ethyl adjacent to an activating group) is 1. The number of carbonyl (C=O) groups is 1. The van der Waals surface area contributed by atoms with Gasteiger partial charge in [-0.1, -0.05) is 19.1 Å². The number of hydrogen-bond donors (Lipinski definition) is 1. The van der Waals surface area contributed by atoms with E-state index >= 15 is 0 Å². The third-order valence-electron chi connectivity index (χ3n) is 2.44. The Balaban J connectivity index is 2.48. The van der Waals surface area contributed by atoms with Crippen LogP contribution in [-0.4, -0.2) is 31.6 Å². The minimum absolute atomic E-state index is 0.0200. The van der Waals surface area contributed by atoms with Gasteiger partial charge < -0.3 is 10.1 Å². The molecule has 0 spiro atoms. The standard InChI is InChI=1S/C11H19NO2/c1-4-12-10-7-14-6-9(10)11(13)5-8(2)3/h9-10,12H,2,4-7H2,1,3H3. The lowest BCUT2D eigenvalue weighted by Gasteiger charge is -2.16. The second-order valence-electron chi connectivity index (χ2n) is 3.91. The summed E-state index contributed by atoms with van der Waals surface area (Å²) < 4.78 is 5.31. The van der Waals surface area contributed by atoms with E-state index in [2.05, 4.69) is 11.9 Å². The zero-order valence-electron chi connectivity index (χ0n) is 9.01. The zero-order chi connectivity index (χ0) is 10.6. The summed E-state index contributed by atoms with van der Waals surface area (Å²) in [5, 5.41) is 3.27. The molecule has 1 rings (SSSR count). The lowest BCUT2D eigenvalue weighted by atomic mass is 9.94. The Labute approximate surface area is 85.5 Å². The fourth-order valence-electron chi connectivity index (χ4n) is 1.76. The number of allylic oxidation sites excluding steroid dienone is 1. The highest BCUT2D eigenvalue weighted by Gasteiger charge is 2.32. The summed E-state index contributed by atoms with van der Waals surface area (Å²) in [6.45, 7) is 9.77. The van der Waals surface area contributed by atoms with Crippen molar-refractivity contribution in [3.63, 3.8) is 0 Å². The van der Waals surface area contributed by atoms with Gasteiger partial charge in [-0.3, -0.25) is 4.79 Å². The molecule has 0 aliphatic carbocycles. The molecule has 2 atom stereocenters. The van der Waals surface area contributed by atoms with Crippen molar-refractivity contribution in [2.75, 3.05) is 19.8 Å². The van der Waals surface area contributed by atoms with Crippen molar-refractivity contribution in [1.29, 1.82) is 0 Å². The summed E-state index contributed by atoms with van der Waals surface area (Å²) in [5.41, 5.74) is 0.928. The zero-order valence-corrected chi connectivity index (χ0v) is 9.01. The summed E-state index contributed by atoms with van der Waals surface area (Å²) in [6.07, 6.45) is 0.482. The fourth-order valence-corrected chi connectivity index (χ4v) is 1.76. The number of ether oxygens (including phenoxy) is 1. The van der Waals surface area contributed by atoms with Gasteiger partial charge in [0.15, 0.2) is 0 Å². The Morgan fingerprint density at radius 1 is 1.57 bits per heavy atom. The summed E-state index contributed by atoms with van der Waals surface area (Å²) in [7, 11) is 0. The van der Waals surface area contributed by atoms with Crippen LogP contribution in [0.4, 0.5) is 0 Å². The van der Waals surface area contributed by atoms with Crippen LogP contribution in [0, 0.1) is 5.92 Å². The molecular weight excluding hydrogens is 178 g/mol. The van der Waals surface area contributed by atoms with Gasteiger partial charge >= 0.3 is 0 Å². The van der Waals surface area contributed by atoms with Crippen molar-refractivity contribution in [3.05, 3.63) is 12.2 Å². The number of Topliss-reactive ketones (excluding diaryl/α,β-unsaturated/α-hetero) is 1. The molecule has 14 heavy (non-hydrogen) atoms. The molecule has 1 heterocycles. The third kappa shape index (κ3) is 2.93. The maximum atomic E-state index is 11.8. The van der Waals surface area contributed by atoms with Crippen LogP contribution in [0.25, 0.3) is 0 Å². The van der Waals surface area contributed by atoms with Crippen LogP contribution in [0.2, 0.25) is 0 Å². The van der Waals surface area contributed by atoms with Crippen LogP contribution in [0.5, 0.6) is 0 Å². The quantitative estimate of drug-likeness (QED) is 0.672. The molecule has 1 fully saturated rings. The van der Waals surface area contributed by atoms with Gasteiger partial charge in [-0.25, -0.2) is 0 Å². The molecule has 0 saturated carbocycles. The van der Waals surface area contributed by atoms with Crippen LogP contribution in [0.1, 0.15) is 20.3 Å². The molecule has 3 nitrogen and oxygen atoms in total. The lowest BCUT2D eigenvalue weighted by Crippen LogP contribution is -2.39. The Morgan fingerprint density at radius 2 is 2.29 bits per heavy atom. The van der Waals surface area contributed by atoms with Gasteiger partial charge in [0.2, 0.25) is 0 Å². The molecule has 0 bridgehead atoms. The predicted molar refractivity (Wildman–Crippen MR) is 56.2 cm³/mol. The number of carbonyl (C=O) groups excluding carboxylic acids is 1. The van der Waals surface area contributed by atoms with Gasteiger partial charge in [-0.2, -0.15) is 0 Å². The number of hydrogen-bond acceptors (Lipinski definition) is 3. The molecule has 2 unspecified atom stereocenters. The van der Waals surface area contributed by atoms with E-state index in [4.69, 9.17) is 4.74 Å². The summed E-state index contributed by atoms with van der Waals surface area (Å²) in [4.78, 5) is 11.8. The monoisotopic (exact) mass is 197 g/mol. The molecular formula is C11H19NO2. The van der Waals surface area contributed by atoms with Gasteiger partial charge in [0, 0.05) is 12.5 Å². The predicted octanol–water partition coefficient (Wildman–Crippen LogP) is 1.15. The summed E-state index contributed by atoms with van der Waals surface area (Å²) in [6, 6.07) is 0.201. The highest BCUT2D eigenvalue weighted by atomic mass is 16.5. The van der Waals surface area contributed by atoms with E-state index in [9.17, 15) is 4.79 Å². The van der Waals surface area contributed by atoms with Crippen LogP contribution in [0.15, 0.2) is 12.2 Å². The van der Waals surface area contributed by atoms with Crippen molar-refractivity contribution in [1.82, 2.24) is 5.32 Å². The Kier molecular flexibility index (Phi) is 4.29. The maximum Gasteiger partial charge on any atom is 0.143 e. The van der Waals surface area contributed by atoms with E-state index in [0.29, 0.717) is 19.6 Å². The first-order chi connectivity index (χ1) is 6.65. The van der Waals surface area contributed by atoms with Crippen LogP contribution < -0.4 is 5.32 Å². The average Bonchev–Trinajstić information content (AvgIpc) is 2.51. The Hall–Kier alpha value is -0.670. The van der Waals surface area contributed by atoms with E-state index in [1.807, 2.05) is 13.8 Å². The van der Waals surface area contributed by atoms with Crippen LogP contribution >= 0.6 is 0 Å². The van der Waals surface area contributed by atoms with E-state index in [1.165, 1.54) is 0 Å². The average molecular weight is 197 g/mol. The minimum atomic E-state index is 0.0200. The first-order valence-electron chi connectivity index (χ1n) is 5.13. The van der Waals surface area contributed by atoms with Crippen molar-refractivity contribution in [2.24, 2.45) is 5.92 Å². The SMILES string of the molecule is C=C(C)CC(=O)C1COCC1NCC. The van der Waals surface area contributed by atoms with Gasteiger partial charge in [-0.05, 0) is 13.5 Å². The third-order valence-corrected chi connectivity index (χ3v) is 2.44. The number of rotatable bonds is 5. The molecule has 1 saturated heterocycles. The number of nitrogens with one attached hydrogen (secondary N) is 1. The summed E-state index contributed by atoms with van der Waals surface area (Å²) in [5.74, 6) is 0.271. The first kappa shape index (κ1) is 11.4. The molecule has 1 aliphatic rings. The first-order valence-corrected chi connectivity index (χ1v) is 5.13. The van der Waals surface area contributed by atoms with E-state index < -0.39 is 0 Å². The maximum absolute atomic E-state index is 11.8. The van der Waals surface area contributed by atoms with Gasteiger partial charge in [0.25, 0.3) is 0 Å². The second-order valence-corrected chi connectivity index (χ2v) is 3.91. The molecule has 0 aromatic heterocycles. The Bertz CT molecular complexity index is 225. The van der Waals surface area contributed by atoms with Crippen LogP contribution in [0.3, 0.4) is 0 Å². The fraction of sp³-hybridized carbons (Fsp3) is 0.727. The lowest BCUT2D eigenvalue weighted by molar-refractivity contribution is -0.122. The molecule has 0 amide bonds. The normalized spacial score (nSPS) is 26.4. The largest absolute Gasteiger partial charge is 0.379 e. The highest BCUT2D eigenvalue weighted by molar-refractivity contribution is 5.84.